The molecule has 0 aliphatic carbocycles. The first-order chi connectivity index (χ1) is 17.5. The van der Waals surface area contributed by atoms with Crippen LogP contribution in [0.1, 0.15) is 60.1 Å². The summed E-state index contributed by atoms with van der Waals surface area (Å²) in [5.74, 6) is -0.838. The lowest BCUT2D eigenvalue weighted by Crippen LogP contribution is -2.50. The molecule has 0 saturated heterocycles. The number of benzene rings is 1. The summed E-state index contributed by atoms with van der Waals surface area (Å²) in [6, 6.07) is 4.99. The van der Waals surface area contributed by atoms with E-state index in [0.717, 1.165) is 18.5 Å². The Morgan fingerprint density at radius 2 is 1.78 bits per heavy atom. The Kier molecular flexibility index (Phi) is 8.80. The molecule has 3 N–H and O–H groups in total. The maximum atomic E-state index is 13.0. The number of aliphatic imine (C=N–C) groups is 1. The number of carbonyl (C=O) groups excluding carboxylic acids is 3. The highest BCUT2D eigenvalue weighted by Gasteiger charge is 2.26. The lowest BCUT2D eigenvalue weighted by Gasteiger charge is -2.22. The van der Waals surface area contributed by atoms with E-state index in [9.17, 15) is 14.4 Å². The fraction of sp³-hybridized carbons (Fsp3) is 0.462. The summed E-state index contributed by atoms with van der Waals surface area (Å²) in [5, 5.41) is 8.28. The van der Waals surface area contributed by atoms with Gasteiger partial charge in [0, 0.05) is 18.3 Å². The average molecular weight is 511 g/mol. The summed E-state index contributed by atoms with van der Waals surface area (Å²) in [6.45, 7) is 9.01. The number of methoxy groups -OCH3 is 1. The van der Waals surface area contributed by atoms with Gasteiger partial charge in [0.15, 0.2) is 0 Å². The van der Waals surface area contributed by atoms with E-state index >= 15 is 0 Å². The van der Waals surface area contributed by atoms with Crippen LogP contribution < -0.4 is 16.0 Å². The number of rotatable bonds is 10. The standard InChI is InChI=1S/C26H34N6O5/c1-15-21(22(33)32-20(23(34)36-6)14-29-25(35)37-26(3,4)5)16(2)31-24(30-15)27-12-8-10-17-9-7-11-19-18(17)13-28-19/h7,9,11,13,20H,8,10,12,14H2,1-6H3,(H,29,35)(H,32,33)(H,27,30,31)/t20-/m0/s1. The number of carbonyl (C=O) groups is 3. The Morgan fingerprint density at radius 1 is 1.08 bits per heavy atom. The van der Waals surface area contributed by atoms with Crippen LogP contribution in [0, 0.1) is 13.8 Å². The van der Waals surface area contributed by atoms with E-state index in [2.05, 4.69) is 37.0 Å². The number of aromatic nitrogens is 2. The average Bonchev–Trinajstić information content (AvgIpc) is 2.78. The minimum Gasteiger partial charge on any atom is -0.467 e. The van der Waals surface area contributed by atoms with Crippen LogP contribution in [0.25, 0.3) is 0 Å². The summed E-state index contributed by atoms with van der Waals surface area (Å²) < 4.78 is 9.95. The van der Waals surface area contributed by atoms with Crippen molar-refractivity contribution in [2.75, 3.05) is 25.5 Å². The summed E-state index contributed by atoms with van der Waals surface area (Å²) in [5.41, 5.74) is 3.95. The van der Waals surface area contributed by atoms with Crippen LogP contribution in [0.4, 0.5) is 16.4 Å². The molecule has 1 atom stereocenters. The predicted molar refractivity (Wildman–Crippen MR) is 140 cm³/mol. The number of amides is 2. The first-order valence-electron chi connectivity index (χ1n) is 12.1. The van der Waals surface area contributed by atoms with E-state index in [4.69, 9.17) is 9.47 Å². The third kappa shape index (κ3) is 7.48. The zero-order valence-corrected chi connectivity index (χ0v) is 22.1. The first-order valence-corrected chi connectivity index (χ1v) is 12.1. The molecular weight excluding hydrogens is 476 g/mol. The molecule has 0 fully saturated rings. The smallest absolute Gasteiger partial charge is 0.407 e. The number of anilines is 1. The Balaban J connectivity index is 1.57. The molecule has 11 heteroatoms. The molecule has 198 valence electrons. The zero-order chi connectivity index (χ0) is 27.2. The molecule has 2 heterocycles. The van der Waals surface area contributed by atoms with Crippen molar-refractivity contribution < 1.29 is 23.9 Å². The lowest BCUT2D eigenvalue weighted by molar-refractivity contribution is -0.142. The largest absolute Gasteiger partial charge is 0.467 e. The van der Waals surface area contributed by atoms with Gasteiger partial charge in [-0.15, -0.1) is 0 Å². The number of hydrogen-bond acceptors (Lipinski definition) is 9. The topological polar surface area (TPSA) is 144 Å². The van der Waals surface area contributed by atoms with Gasteiger partial charge in [-0.1, -0.05) is 12.1 Å². The number of alkyl carbamates (subject to hydrolysis) is 1. The van der Waals surface area contributed by atoms with Crippen LogP contribution >= 0.6 is 0 Å². The molecule has 3 rings (SSSR count). The molecule has 0 spiro atoms. The Labute approximate surface area is 216 Å². The molecule has 1 aliphatic rings. The highest BCUT2D eigenvalue weighted by molar-refractivity contribution is 5.99. The predicted octanol–water partition coefficient (Wildman–Crippen LogP) is 3.00. The van der Waals surface area contributed by atoms with Crippen LogP contribution in [0.5, 0.6) is 0 Å². The van der Waals surface area contributed by atoms with Crippen molar-refractivity contribution in [3.63, 3.8) is 0 Å². The summed E-state index contributed by atoms with van der Waals surface area (Å²) in [4.78, 5) is 50.3. The molecule has 0 bridgehead atoms. The number of aryl methyl sites for hydroxylation is 3. The van der Waals surface area contributed by atoms with Crippen molar-refractivity contribution in [1.29, 1.82) is 0 Å². The molecule has 2 aromatic rings. The number of esters is 1. The van der Waals surface area contributed by atoms with Gasteiger partial charge in [-0.25, -0.2) is 19.6 Å². The van der Waals surface area contributed by atoms with Crippen molar-refractivity contribution in [3.8, 4) is 0 Å². The van der Waals surface area contributed by atoms with Crippen molar-refractivity contribution in [2.24, 2.45) is 4.99 Å². The zero-order valence-electron chi connectivity index (χ0n) is 22.1. The second-order valence-corrected chi connectivity index (χ2v) is 9.66. The minimum absolute atomic E-state index is 0.206. The second kappa shape index (κ2) is 11.8. The van der Waals surface area contributed by atoms with Gasteiger partial charge in [-0.3, -0.25) is 9.79 Å². The fourth-order valence-corrected chi connectivity index (χ4v) is 3.82. The Bertz CT molecular complexity index is 1180. The second-order valence-electron chi connectivity index (χ2n) is 9.66. The monoisotopic (exact) mass is 510 g/mol. The third-order valence-corrected chi connectivity index (χ3v) is 5.55. The summed E-state index contributed by atoms with van der Waals surface area (Å²) in [6.07, 6.45) is 2.94. The Hall–Kier alpha value is -4.02. The van der Waals surface area contributed by atoms with Gasteiger partial charge >= 0.3 is 12.1 Å². The van der Waals surface area contributed by atoms with Crippen LogP contribution in [-0.2, 0) is 20.7 Å². The van der Waals surface area contributed by atoms with Crippen molar-refractivity contribution in [3.05, 3.63) is 46.3 Å². The van der Waals surface area contributed by atoms with Gasteiger partial charge in [0.2, 0.25) is 5.95 Å². The highest BCUT2D eigenvalue weighted by atomic mass is 16.6. The lowest BCUT2D eigenvalue weighted by atomic mass is 9.99. The number of nitrogens with zero attached hydrogens (tertiary/aromatic N) is 3. The van der Waals surface area contributed by atoms with Crippen molar-refractivity contribution in [2.45, 2.75) is 59.1 Å². The van der Waals surface area contributed by atoms with Gasteiger partial charge in [0.1, 0.15) is 11.6 Å². The van der Waals surface area contributed by atoms with Gasteiger partial charge in [0.25, 0.3) is 5.91 Å². The number of fused-ring (bicyclic) bond motifs is 1. The van der Waals surface area contributed by atoms with Crippen LogP contribution in [0.3, 0.4) is 0 Å². The number of hydrogen-bond donors (Lipinski definition) is 3. The minimum atomic E-state index is -1.12. The van der Waals surface area contributed by atoms with E-state index in [1.807, 2.05) is 18.3 Å². The molecule has 0 unspecified atom stereocenters. The summed E-state index contributed by atoms with van der Waals surface area (Å²) >= 11 is 0. The summed E-state index contributed by atoms with van der Waals surface area (Å²) in [7, 11) is 1.20. The molecule has 1 aromatic heterocycles. The molecule has 0 saturated carbocycles. The highest BCUT2D eigenvalue weighted by Crippen LogP contribution is 2.28. The quantitative estimate of drug-likeness (QED) is 0.279. The van der Waals surface area contributed by atoms with Gasteiger partial charge < -0.3 is 25.4 Å². The molecule has 37 heavy (non-hydrogen) atoms. The molecule has 2 amide bonds. The van der Waals surface area contributed by atoms with Gasteiger partial charge in [-0.2, -0.15) is 0 Å². The van der Waals surface area contributed by atoms with Crippen LogP contribution in [0.15, 0.2) is 23.2 Å². The van der Waals surface area contributed by atoms with E-state index in [-0.39, 0.29) is 12.1 Å². The molecule has 1 aromatic carbocycles. The van der Waals surface area contributed by atoms with E-state index in [1.54, 1.807) is 34.6 Å². The number of ether oxygens (including phenoxy) is 2. The van der Waals surface area contributed by atoms with E-state index < -0.39 is 29.6 Å². The maximum absolute atomic E-state index is 13.0. The van der Waals surface area contributed by atoms with Crippen LogP contribution in [0.2, 0.25) is 0 Å². The van der Waals surface area contributed by atoms with Gasteiger partial charge in [-0.05, 0) is 59.1 Å². The molecule has 11 nitrogen and oxygen atoms in total. The number of nitrogens with one attached hydrogen (secondary N) is 3. The van der Waals surface area contributed by atoms with Gasteiger partial charge in [0.05, 0.1) is 36.3 Å². The fourth-order valence-electron chi connectivity index (χ4n) is 3.82. The van der Waals surface area contributed by atoms with Crippen LogP contribution in [-0.4, -0.2) is 66.0 Å². The molecule has 1 aliphatic heterocycles. The van der Waals surface area contributed by atoms with Crippen molar-refractivity contribution >= 4 is 35.8 Å². The van der Waals surface area contributed by atoms with Crippen molar-refractivity contribution in [1.82, 2.24) is 20.6 Å². The Morgan fingerprint density at radius 3 is 2.38 bits per heavy atom. The van der Waals surface area contributed by atoms with E-state index in [1.165, 1.54) is 18.2 Å². The maximum Gasteiger partial charge on any atom is 0.407 e. The third-order valence-electron chi connectivity index (χ3n) is 5.55. The molecule has 0 radical (unpaired) electrons. The molecular formula is C26H34N6O5. The SMILES string of the molecule is COC(=O)[C@H](CNC(=O)OC(C)(C)C)NC(=O)c1c(C)nc(NCCCc2cccc3c2C=N3)nc1C. The van der Waals surface area contributed by atoms with E-state index in [0.29, 0.717) is 23.9 Å². The first kappa shape index (κ1) is 27.6. The normalized spacial score (nSPS) is 12.6.